The van der Waals surface area contributed by atoms with Gasteiger partial charge in [0, 0.05) is 7.05 Å². The van der Waals surface area contributed by atoms with Crippen molar-refractivity contribution in [2.24, 2.45) is 0 Å². The van der Waals surface area contributed by atoms with Crippen LogP contribution in [0.2, 0.25) is 0 Å². The van der Waals surface area contributed by atoms with Crippen LogP contribution in [0.25, 0.3) is 0 Å². The topological polar surface area (TPSA) is 36.1 Å². The first kappa shape index (κ1) is 12.5. The Hall–Kier alpha value is -1.48. The molecule has 3 N–H and O–H groups in total. The number of hydrogen-bond donors (Lipinski definition) is 3. The van der Waals surface area contributed by atoms with Crippen molar-refractivity contribution >= 4 is 0 Å². The second-order valence-corrected chi connectivity index (χ2v) is 2.59. The summed E-state index contributed by atoms with van der Waals surface area (Å²) in [5.41, 5.74) is 1.96. The lowest BCUT2D eigenvalue weighted by atomic mass is 10.2. The zero-order valence-corrected chi connectivity index (χ0v) is 8.93. The van der Waals surface area contributed by atoms with E-state index in [2.05, 4.69) is 29.1 Å². The van der Waals surface area contributed by atoms with E-state index in [0.717, 1.165) is 11.4 Å². The summed E-state index contributed by atoms with van der Waals surface area (Å²) in [4.78, 5) is 0. The molecular formula is C11H19N3. The van der Waals surface area contributed by atoms with Crippen LogP contribution in [0.4, 0.5) is 0 Å². The molecule has 0 aliphatic rings. The smallest absolute Gasteiger partial charge is 0.0651 e. The minimum absolute atomic E-state index is 0.704. The van der Waals surface area contributed by atoms with Crippen molar-refractivity contribution < 1.29 is 0 Å². The summed E-state index contributed by atoms with van der Waals surface area (Å²) in [6, 6.07) is 0. The number of nitrogens with one attached hydrogen (secondary N) is 3. The van der Waals surface area contributed by atoms with E-state index in [4.69, 9.17) is 0 Å². The highest BCUT2D eigenvalue weighted by molar-refractivity contribution is 5.32. The predicted octanol–water partition coefficient (Wildman–Crippen LogP) is 1.11. The van der Waals surface area contributed by atoms with E-state index in [0.29, 0.717) is 6.67 Å². The first-order chi connectivity index (χ1) is 6.79. The molecular weight excluding hydrogens is 174 g/mol. The molecule has 0 aromatic carbocycles. The van der Waals surface area contributed by atoms with Crippen molar-refractivity contribution in [3.8, 4) is 0 Å². The first-order valence-electron chi connectivity index (χ1n) is 4.52. The van der Waals surface area contributed by atoms with Gasteiger partial charge >= 0.3 is 0 Å². The standard InChI is InChI=1S/C11H19N3/c1-5-7-10(13-4)11(8-6-2)14-9-12-3/h5-8,12-14H,1-2,9H2,3-4H3/b10-7+,11-8+. The Balaban J connectivity index is 4.60. The van der Waals surface area contributed by atoms with E-state index in [-0.39, 0.29) is 0 Å². The summed E-state index contributed by atoms with van der Waals surface area (Å²) in [6.45, 7) is 8.03. The number of hydrogen-bond acceptors (Lipinski definition) is 3. The van der Waals surface area contributed by atoms with Crippen LogP contribution in [0, 0.1) is 0 Å². The molecule has 0 saturated heterocycles. The van der Waals surface area contributed by atoms with Gasteiger partial charge in [-0.05, 0) is 19.2 Å². The Bertz CT molecular complexity index is 239. The van der Waals surface area contributed by atoms with Gasteiger partial charge in [0.1, 0.15) is 0 Å². The third-order valence-corrected chi connectivity index (χ3v) is 1.58. The summed E-state index contributed by atoms with van der Waals surface area (Å²) in [5.74, 6) is 0. The average Bonchev–Trinajstić information content (AvgIpc) is 2.21. The molecule has 3 nitrogen and oxygen atoms in total. The van der Waals surface area contributed by atoms with E-state index in [1.54, 1.807) is 12.2 Å². The third-order valence-electron chi connectivity index (χ3n) is 1.58. The molecule has 14 heavy (non-hydrogen) atoms. The molecule has 0 heterocycles. The van der Waals surface area contributed by atoms with Crippen LogP contribution in [0.15, 0.2) is 48.9 Å². The highest BCUT2D eigenvalue weighted by atomic mass is 15.1. The quantitative estimate of drug-likeness (QED) is 0.419. The molecule has 0 radical (unpaired) electrons. The lowest BCUT2D eigenvalue weighted by molar-refractivity contribution is 0.702. The Kier molecular flexibility index (Phi) is 7.27. The molecule has 0 unspecified atom stereocenters. The molecule has 0 amide bonds. The minimum atomic E-state index is 0.704. The van der Waals surface area contributed by atoms with Crippen LogP contribution in [-0.4, -0.2) is 20.8 Å². The molecule has 78 valence electrons. The first-order valence-corrected chi connectivity index (χ1v) is 4.52. The van der Waals surface area contributed by atoms with Crippen LogP contribution >= 0.6 is 0 Å². The molecule has 0 fully saturated rings. The molecule has 0 atom stereocenters. The zero-order chi connectivity index (χ0) is 10.8. The van der Waals surface area contributed by atoms with Gasteiger partial charge in [-0.1, -0.05) is 25.3 Å². The molecule has 0 aromatic heterocycles. The fourth-order valence-electron chi connectivity index (χ4n) is 0.971. The largest absolute Gasteiger partial charge is 0.386 e. The Morgan fingerprint density at radius 1 is 1.07 bits per heavy atom. The second kappa shape index (κ2) is 8.13. The van der Waals surface area contributed by atoms with Crippen molar-refractivity contribution in [3.05, 3.63) is 48.9 Å². The molecule has 0 aromatic rings. The highest BCUT2D eigenvalue weighted by Gasteiger charge is 1.99. The van der Waals surface area contributed by atoms with E-state index in [1.807, 2.05) is 26.2 Å². The third kappa shape index (κ3) is 4.52. The number of likely N-dealkylation sites (N-methyl/N-ethyl adjacent to an activating group) is 1. The van der Waals surface area contributed by atoms with E-state index >= 15 is 0 Å². The maximum absolute atomic E-state index is 3.67. The summed E-state index contributed by atoms with van der Waals surface area (Å²) in [7, 11) is 3.75. The van der Waals surface area contributed by atoms with E-state index < -0.39 is 0 Å². The minimum Gasteiger partial charge on any atom is -0.386 e. The number of rotatable bonds is 7. The molecule has 0 spiro atoms. The van der Waals surface area contributed by atoms with Crippen LogP contribution in [0.1, 0.15) is 0 Å². The Labute approximate surface area is 86.3 Å². The van der Waals surface area contributed by atoms with Gasteiger partial charge in [0.2, 0.25) is 0 Å². The lowest BCUT2D eigenvalue weighted by Crippen LogP contribution is -2.28. The summed E-state index contributed by atoms with van der Waals surface area (Å²) >= 11 is 0. The summed E-state index contributed by atoms with van der Waals surface area (Å²) < 4.78 is 0. The predicted molar refractivity (Wildman–Crippen MR) is 62.7 cm³/mol. The van der Waals surface area contributed by atoms with Crippen molar-refractivity contribution in [1.29, 1.82) is 0 Å². The molecule has 0 rings (SSSR count). The van der Waals surface area contributed by atoms with E-state index in [1.165, 1.54) is 0 Å². The van der Waals surface area contributed by atoms with Gasteiger partial charge in [0.25, 0.3) is 0 Å². The van der Waals surface area contributed by atoms with Crippen LogP contribution in [0.3, 0.4) is 0 Å². The fraction of sp³-hybridized carbons (Fsp3) is 0.273. The molecule has 0 saturated carbocycles. The van der Waals surface area contributed by atoms with Crippen molar-refractivity contribution in [3.63, 3.8) is 0 Å². The average molecular weight is 193 g/mol. The van der Waals surface area contributed by atoms with Crippen LogP contribution in [0.5, 0.6) is 0 Å². The molecule has 0 aliphatic carbocycles. The molecule has 0 aliphatic heterocycles. The lowest BCUT2D eigenvalue weighted by Gasteiger charge is -2.13. The second-order valence-electron chi connectivity index (χ2n) is 2.59. The Morgan fingerprint density at radius 2 is 1.64 bits per heavy atom. The van der Waals surface area contributed by atoms with Crippen LogP contribution < -0.4 is 16.0 Å². The van der Waals surface area contributed by atoms with Crippen molar-refractivity contribution in [1.82, 2.24) is 16.0 Å². The van der Waals surface area contributed by atoms with Gasteiger partial charge in [-0.2, -0.15) is 0 Å². The Morgan fingerprint density at radius 3 is 2.07 bits per heavy atom. The van der Waals surface area contributed by atoms with Gasteiger partial charge in [-0.3, -0.25) is 0 Å². The highest BCUT2D eigenvalue weighted by Crippen LogP contribution is 2.02. The SMILES string of the molecule is C=C/C=C(NC)\C(=C/C=C)NCNC. The molecule has 0 bridgehead atoms. The van der Waals surface area contributed by atoms with Gasteiger partial charge < -0.3 is 16.0 Å². The van der Waals surface area contributed by atoms with Gasteiger partial charge in [0.05, 0.1) is 18.1 Å². The normalized spacial score (nSPS) is 12.1. The fourth-order valence-corrected chi connectivity index (χ4v) is 0.971. The monoisotopic (exact) mass is 193 g/mol. The number of allylic oxidation sites excluding steroid dienone is 4. The van der Waals surface area contributed by atoms with Gasteiger partial charge in [-0.25, -0.2) is 0 Å². The van der Waals surface area contributed by atoms with E-state index in [9.17, 15) is 0 Å². The van der Waals surface area contributed by atoms with Crippen molar-refractivity contribution in [2.75, 3.05) is 20.8 Å². The van der Waals surface area contributed by atoms with Crippen molar-refractivity contribution in [2.45, 2.75) is 0 Å². The summed E-state index contributed by atoms with van der Waals surface area (Å²) in [5, 5.41) is 9.30. The van der Waals surface area contributed by atoms with Gasteiger partial charge in [0.15, 0.2) is 0 Å². The zero-order valence-electron chi connectivity index (χ0n) is 8.93. The van der Waals surface area contributed by atoms with Crippen LogP contribution in [-0.2, 0) is 0 Å². The maximum atomic E-state index is 3.67. The molecule has 3 heteroatoms. The van der Waals surface area contributed by atoms with Gasteiger partial charge in [-0.15, -0.1) is 0 Å². The maximum Gasteiger partial charge on any atom is 0.0651 e. The summed E-state index contributed by atoms with van der Waals surface area (Å²) in [6.07, 6.45) is 7.29.